The molecule has 2 rings (SSSR count). The summed E-state index contributed by atoms with van der Waals surface area (Å²) in [6.45, 7) is 2.66. The average Bonchev–Trinajstić information content (AvgIpc) is 2.97. The maximum atomic E-state index is 12.4. The van der Waals surface area contributed by atoms with Gasteiger partial charge in [0.1, 0.15) is 4.90 Å². The molecule has 0 bridgehead atoms. The van der Waals surface area contributed by atoms with Crippen molar-refractivity contribution < 1.29 is 8.42 Å². The molecule has 2 atom stereocenters. The molecule has 1 saturated carbocycles. The number of halogens is 1. The molecule has 0 radical (unpaired) electrons. The molecule has 6 heteroatoms. The first-order chi connectivity index (χ1) is 8.32. The van der Waals surface area contributed by atoms with Gasteiger partial charge in [0, 0.05) is 18.6 Å². The second kappa shape index (κ2) is 4.72. The predicted molar refractivity (Wildman–Crippen MR) is 73.0 cm³/mol. The number of hydrogen-bond donors (Lipinski definition) is 1. The van der Waals surface area contributed by atoms with E-state index in [1.165, 1.54) is 16.4 Å². The molecule has 1 aromatic carbocycles. The lowest BCUT2D eigenvalue weighted by Crippen LogP contribution is -2.29. The van der Waals surface area contributed by atoms with Gasteiger partial charge in [-0.3, -0.25) is 0 Å². The summed E-state index contributed by atoms with van der Waals surface area (Å²) in [5, 5.41) is 0.371. The number of nitrogens with zero attached hydrogens (tertiary/aromatic N) is 1. The van der Waals surface area contributed by atoms with Crippen LogP contribution in [0.15, 0.2) is 23.1 Å². The zero-order valence-corrected chi connectivity index (χ0v) is 12.0. The van der Waals surface area contributed by atoms with Crippen LogP contribution in [0.1, 0.15) is 13.3 Å². The Balaban J connectivity index is 2.26. The summed E-state index contributed by atoms with van der Waals surface area (Å²) >= 11 is 5.83. The third-order valence-electron chi connectivity index (χ3n) is 3.43. The fourth-order valence-electron chi connectivity index (χ4n) is 1.98. The number of hydrogen-bond acceptors (Lipinski definition) is 3. The van der Waals surface area contributed by atoms with E-state index in [1.807, 2.05) is 0 Å². The number of sulfonamides is 1. The Bertz CT molecular complexity index is 559. The minimum Gasteiger partial charge on any atom is -0.398 e. The highest BCUT2D eigenvalue weighted by molar-refractivity contribution is 7.89. The first kappa shape index (κ1) is 13.6. The van der Waals surface area contributed by atoms with Crippen molar-refractivity contribution in [2.45, 2.75) is 18.2 Å². The molecule has 0 heterocycles. The number of benzene rings is 1. The zero-order chi connectivity index (χ0) is 13.5. The predicted octanol–water partition coefficient (Wildman–Crippen LogP) is 2.20. The van der Waals surface area contributed by atoms with Crippen LogP contribution in [0.3, 0.4) is 0 Å². The molecular formula is C12H17ClN2O2S. The molecule has 1 aromatic rings. The minimum absolute atomic E-state index is 0.0887. The van der Waals surface area contributed by atoms with Crippen molar-refractivity contribution in [1.82, 2.24) is 4.31 Å². The summed E-state index contributed by atoms with van der Waals surface area (Å²) in [4.78, 5) is 0.0887. The van der Waals surface area contributed by atoms with E-state index in [4.69, 9.17) is 17.3 Å². The fourth-order valence-corrected chi connectivity index (χ4v) is 3.58. The molecule has 2 N–H and O–H groups in total. The van der Waals surface area contributed by atoms with Crippen molar-refractivity contribution in [3.63, 3.8) is 0 Å². The SMILES string of the molecule is CC1CC1CN(C)S(=O)(=O)c1cc(Cl)ccc1N. The van der Waals surface area contributed by atoms with Gasteiger partial charge in [-0.2, -0.15) is 0 Å². The fraction of sp³-hybridized carbons (Fsp3) is 0.500. The summed E-state index contributed by atoms with van der Waals surface area (Å²) in [6.07, 6.45) is 1.09. The van der Waals surface area contributed by atoms with E-state index >= 15 is 0 Å². The van der Waals surface area contributed by atoms with Crippen LogP contribution >= 0.6 is 11.6 Å². The third-order valence-corrected chi connectivity index (χ3v) is 5.55. The molecule has 0 aromatic heterocycles. The van der Waals surface area contributed by atoms with Crippen molar-refractivity contribution in [3.8, 4) is 0 Å². The van der Waals surface area contributed by atoms with Crippen LogP contribution in [-0.4, -0.2) is 26.3 Å². The maximum Gasteiger partial charge on any atom is 0.244 e. The van der Waals surface area contributed by atoms with E-state index in [2.05, 4.69) is 6.92 Å². The van der Waals surface area contributed by atoms with Crippen LogP contribution in [0.25, 0.3) is 0 Å². The van der Waals surface area contributed by atoms with Gasteiger partial charge >= 0.3 is 0 Å². The van der Waals surface area contributed by atoms with Gasteiger partial charge in [0.15, 0.2) is 0 Å². The molecule has 100 valence electrons. The third kappa shape index (κ3) is 2.63. The summed E-state index contributed by atoms with van der Waals surface area (Å²) in [5.74, 6) is 1.07. The van der Waals surface area contributed by atoms with E-state index in [-0.39, 0.29) is 10.6 Å². The summed E-state index contributed by atoms with van der Waals surface area (Å²) in [6, 6.07) is 4.50. The Morgan fingerprint density at radius 2 is 2.11 bits per heavy atom. The van der Waals surface area contributed by atoms with E-state index in [1.54, 1.807) is 13.1 Å². The largest absolute Gasteiger partial charge is 0.398 e. The average molecular weight is 289 g/mol. The van der Waals surface area contributed by atoms with Crippen molar-refractivity contribution >= 4 is 27.3 Å². The standard InChI is InChI=1S/C12H17ClN2O2S/c1-8-5-9(8)7-15(2)18(16,17)12-6-10(13)3-4-11(12)14/h3-4,6,8-9H,5,7,14H2,1-2H3. The summed E-state index contributed by atoms with van der Waals surface area (Å²) < 4.78 is 26.1. The Morgan fingerprint density at radius 1 is 1.50 bits per heavy atom. The number of nitrogen functional groups attached to an aromatic ring is 1. The number of anilines is 1. The van der Waals surface area contributed by atoms with Gasteiger partial charge in [-0.1, -0.05) is 18.5 Å². The van der Waals surface area contributed by atoms with Gasteiger partial charge in [0.05, 0.1) is 5.69 Å². The van der Waals surface area contributed by atoms with Gasteiger partial charge in [0.25, 0.3) is 0 Å². The summed E-state index contributed by atoms with van der Waals surface area (Å²) in [7, 11) is -1.96. The molecule has 4 nitrogen and oxygen atoms in total. The zero-order valence-electron chi connectivity index (χ0n) is 10.4. The Hall–Kier alpha value is -0.780. The lowest BCUT2D eigenvalue weighted by Gasteiger charge is -2.18. The van der Waals surface area contributed by atoms with Crippen LogP contribution in [0.2, 0.25) is 5.02 Å². The van der Waals surface area contributed by atoms with Crippen LogP contribution in [0, 0.1) is 11.8 Å². The Kier molecular flexibility index (Phi) is 3.58. The second-order valence-corrected chi connectivity index (χ2v) is 7.39. The van der Waals surface area contributed by atoms with Gasteiger partial charge in [-0.15, -0.1) is 0 Å². The highest BCUT2D eigenvalue weighted by Crippen LogP contribution is 2.39. The molecule has 0 aliphatic heterocycles. The number of rotatable bonds is 4. The Morgan fingerprint density at radius 3 is 2.67 bits per heavy atom. The highest BCUT2D eigenvalue weighted by atomic mass is 35.5. The minimum atomic E-state index is -3.55. The smallest absolute Gasteiger partial charge is 0.244 e. The quantitative estimate of drug-likeness (QED) is 0.864. The van der Waals surface area contributed by atoms with Crippen LogP contribution in [-0.2, 0) is 10.0 Å². The van der Waals surface area contributed by atoms with E-state index in [9.17, 15) is 8.42 Å². The summed E-state index contributed by atoms with van der Waals surface area (Å²) in [5.41, 5.74) is 5.95. The molecule has 18 heavy (non-hydrogen) atoms. The van der Waals surface area contributed by atoms with E-state index < -0.39 is 10.0 Å². The molecule has 1 fully saturated rings. The number of nitrogens with two attached hydrogens (primary N) is 1. The van der Waals surface area contributed by atoms with Crippen molar-refractivity contribution in [2.75, 3.05) is 19.3 Å². The molecule has 1 aliphatic carbocycles. The Labute approximate surface area is 113 Å². The van der Waals surface area contributed by atoms with Crippen LogP contribution < -0.4 is 5.73 Å². The molecule has 0 spiro atoms. The molecule has 0 amide bonds. The van der Waals surface area contributed by atoms with Gasteiger partial charge in [-0.05, 0) is 36.5 Å². The normalized spacial score (nSPS) is 23.3. The lowest BCUT2D eigenvalue weighted by molar-refractivity contribution is 0.445. The molecule has 2 unspecified atom stereocenters. The van der Waals surface area contributed by atoms with Crippen molar-refractivity contribution in [3.05, 3.63) is 23.2 Å². The first-order valence-electron chi connectivity index (χ1n) is 5.83. The second-order valence-electron chi connectivity index (χ2n) is 4.94. The van der Waals surface area contributed by atoms with Gasteiger partial charge in [-0.25, -0.2) is 12.7 Å². The topological polar surface area (TPSA) is 63.4 Å². The molecule has 1 aliphatic rings. The maximum absolute atomic E-state index is 12.4. The van der Waals surface area contributed by atoms with Gasteiger partial charge < -0.3 is 5.73 Å². The van der Waals surface area contributed by atoms with Crippen LogP contribution in [0.5, 0.6) is 0 Å². The molecule has 0 saturated heterocycles. The van der Waals surface area contributed by atoms with E-state index in [0.717, 1.165) is 6.42 Å². The lowest BCUT2D eigenvalue weighted by atomic mass is 10.3. The first-order valence-corrected chi connectivity index (χ1v) is 7.65. The monoisotopic (exact) mass is 288 g/mol. The molecular weight excluding hydrogens is 272 g/mol. The van der Waals surface area contributed by atoms with Crippen LogP contribution in [0.4, 0.5) is 5.69 Å². The highest BCUT2D eigenvalue weighted by Gasteiger charge is 2.36. The van der Waals surface area contributed by atoms with Crippen molar-refractivity contribution in [2.24, 2.45) is 11.8 Å². The van der Waals surface area contributed by atoms with Gasteiger partial charge in [0.2, 0.25) is 10.0 Å². The van der Waals surface area contributed by atoms with E-state index in [0.29, 0.717) is 23.4 Å². The van der Waals surface area contributed by atoms with Crippen molar-refractivity contribution in [1.29, 1.82) is 0 Å².